The van der Waals surface area contributed by atoms with E-state index >= 15 is 0 Å². The van der Waals surface area contributed by atoms with E-state index in [1.165, 1.54) is 27.8 Å². The molecule has 10 heteroatoms. The summed E-state index contributed by atoms with van der Waals surface area (Å²) in [4.78, 5) is 14.4. The van der Waals surface area contributed by atoms with Gasteiger partial charge in [-0.1, -0.05) is 6.07 Å². The average molecular weight is 556 g/mol. The van der Waals surface area contributed by atoms with Gasteiger partial charge in [0.05, 0.1) is 25.3 Å². The Hall–Kier alpha value is -2.60. The van der Waals surface area contributed by atoms with Crippen LogP contribution in [0.25, 0.3) is 0 Å². The summed E-state index contributed by atoms with van der Waals surface area (Å²) in [5.41, 5.74) is 5.16. The smallest absolute Gasteiger partial charge is 0.254 e. The van der Waals surface area contributed by atoms with E-state index in [2.05, 4.69) is 5.10 Å². The van der Waals surface area contributed by atoms with Gasteiger partial charge in [0.2, 0.25) is 0 Å². The number of aryl methyl sites for hydroxylation is 1. The van der Waals surface area contributed by atoms with E-state index in [0.717, 1.165) is 6.07 Å². The van der Waals surface area contributed by atoms with Gasteiger partial charge in [0.25, 0.3) is 5.91 Å². The number of amides is 1. The molecule has 6 nitrogen and oxygen atoms in total. The maximum Gasteiger partial charge on any atom is 0.254 e. The molecule has 168 valence electrons. The zero-order valence-corrected chi connectivity index (χ0v) is 19.2. The molecule has 0 spiro atoms. The number of benzene rings is 2. The van der Waals surface area contributed by atoms with E-state index < -0.39 is 29.0 Å². The van der Waals surface area contributed by atoms with E-state index in [1.54, 1.807) is 19.1 Å². The molecule has 2 heterocycles. The zero-order chi connectivity index (χ0) is 23.2. The molecule has 3 N–H and O–H groups in total. The minimum Gasteiger partial charge on any atom is -0.384 e. The number of nitrogens with two attached hydrogens (primary N) is 1. The first-order chi connectivity index (χ1) is 15.1. The van der Waals surface area contributed by atoms with E-state index in [0.29, 0.717) is 15.1 Å². The Morgan fingerprint density at radius 2 is 1.91 bits per heavy atom. The Labute approximate surface area is 196 Å². The van der Waals surface area contributed by atoms with Crippen LogP contribution in [0.15, 0.2) is 36.4 Å². The fourth-order valence-corrected chi connectivity index (χ4v) is 4.32. The molecule has 1 saturated heterocycles. The lowest BCUT2D eigenvalue weighted by molar-refractivity contribution is -0.0925. The summed E-state index contributed by atoms with van der Waals surface area (Å²) in [6.45, 7) is 1.81. The Morgan fingerprint density at radius 1 is 1.19 bits per heavy atom. The predicted octanol–water partition coefficient (Wildman–Crippen LogP) is 3.27. The summed E-state index contributed by atoms with van der Waals surface area (Å²) >= 11 is 1.95. The quantitative estimate of drug-likeness (QED) is 0.473. The number of aliphatic hydroxyl groups is 1. The fourth-order valence-electron chi connectivity index (χ4n) is 3.87. The molecule has 2 aromatic carbocycles. The van der Waals surface area contributed by atoms with Crippen LogP contribution in [0, 0.1) is 27.9 Å². The number of anilines is 1. The number of aromatic nitrogens is 2. The number of nitrogens with zero attached hydrogens (tertiary/aromatic N) is 3. The van der Waals surface area contributed by atoms with Gasteiger partial charge >= 0.3 is 0 Å². The Bertz CT molecular complexity index is 1210. The first-order valence-electron chi connectivity index (χ1n) is 9.79. The maximum atomic E-state index is 14.6. The lowest BCUT2D eigenvalue weighted by Crippen LogP contribution is -2.65. The van der Waals surface area contributed by atoms with Crippen LogP contribution in [-0.2, 0) is 13.0 Å². The number of likely N-dealkylation sites (tertiary alicyclic amines) is 1. The summed E-state index contributed by atoms with van der Waals surface area (Å²) in [7, 11) is 0. The average Bonchev–Trinajstić information content (AvgIpc) is 3.01. The van der Waals surface area contributed by atoms with Crippen molar-refractivity contribution in [1.82, 2.24) is 14.7 Å². The van der Waals surface area contributed by atoms with Crippen molar-refractivity contribution in [2.24, 2.45) is 0 Å². The molecule has 0 aliphatic carbocycles. The lowest BCUT2D eigenvalue weighted by atomic mass is 9.91. The molecule has 0 bridgehead atoms. The van der Waals surface area contributed by atoms with Crippen molar-refractivity contribution in [3.63, 3.8) is 0 Å². The van der Waals surface area contributed by atoms with E-state index in [4.69, 9.17) is 5.73 Å². The maximum absolute atomic E-state index is 14.6. The summed E-state index contributed by atoms with van der Waals surface area (Å²) in [5, 5.41) is 14.9. The standard InChI is InChI=1S/C22H20F3IN4O2/c1-12-6-19(27)30(28-12)11-22(32)9-29(10-22)21(31)15-4-5-17(23)20(25)16(15)7-13-2-3-14(26)8-18(13)24/h2-6,8,32H,7,9-11,27H2,1H3. The Morgan fingerprint density at radius 3 is 2.53 bits per heavy atom. The predicted molar refractivity (Wildman–Crippen MR) is 121 cm³/mol. The Balaban J connectivity index is 1.55. The third kappa shape index (κ3) is 4.33. The highest BCUT2D eigenvalue weighted by molar-refractivity contribution is 14.1. The van der Waals surface area contributed by atoms with Gasteiger partial charge in [0.15, 0.2) is 11.6 Å². The summed E-state index contributed by atoms with van der Waals surface area (Å²) in [5.74, 6) is -3.05. The van der Waals surface area contributed by atoms with Crippen molar-refractivity contribution in [2.45, 2.75) is 25.5 Å². The minimum atomic E-state index is -1.25. The van der Waals surface area contributed by atoms with Crippen molar-refractivity contribution in [2.75, 3.05) is 18.8 Å². The number of β-amino-alcohol motifs (C(OH)–C–C–N with tert-alkyl or cyclic N) is 1. The van der Waals surface area contributed by atoms with E-state index in [-0.39, 0.29) is 42.7 Å². The van der Waals surface area contributed by atoms with Crippen molar-refractivity contribution in [1.29, 1.82) is 0 Å². The van der Waals surface area contributed by atoms with E-state index in [9.17, 15) is 23.1 Å². The molecule has 32 heavy (non-hydrogen) atoms. The second-order valence-electron chi connectivity index (χ2n) is 8.05. The van der Waals surface area contributed by atoms with Crippen LogP contribution in [0.5, 0.6) is 0 Å². The minimum absolute atomic E-state index is 0.0273. The zero-order valence-electron chi connectivity index (χ0n) is 17.1. The molecular weight excluding hydrogens is 536 g/mol. The highest BCUT2D eigenvalue weighted by atomic mass is 127. The van der Waals surface area contributed by atoms with Crippen LogP contribution in [0.1, 0.15) is 27.2 Å². The molecule has 4 rings (SSSR count). The SMILES string of the molecule is Cc1cc(N)n(CC2(O)CN(C(=O)c3ccc(F)c(F)c3Cc3ccc(I)cc3F)C2)n1. The van der Waals surface area contributed by atoms with Gasteiger partial charge < -0.3 is 15.7 Å². The molecule has 0 radical (unpaired) electrons. The summed E-state index contributed by atoms with van der Waals surface area (Å²) in [6.07, 6.45) is -0.283. The molecule has 1 aliphatic heterocycles. The first-order valence-corrected chi connectivity index (χ1v) is 10.9. The Kier molecular flexibility index (Phi) is 5.93. The normalized spacial score (nSPS) is 15.0. The van der Waals surface area contributed by atoms with Crippen molar-refractivity contribution in [3.05, 3.63) is 79.8 Å². The molecular formula is C22H20F3IN4O2. The topological polar surface area (TPSA) is 84.4 Å². The van der Waals surface area contributed by atoms with Gasteiger partial charge in [-0.05, 0) is 59.3 Å². The van der Waals surface area contributed by atoms with Crippen LogP contribution in [-0.4, -0.2) is 44.4 Å². The van der Waals surface area contributed by atoms with Gasteiger partial charge in [-0.25, -0.2) is 17.9 Å². The number of hydrogen-bond acceptors (Lipinski definition) is 4. The molecule has 1 amide bonds. The molecule has 0 atom stereocenters. The number of halogens is 4. The lowest BCUT2D eigenvalue weighted by Gasteiger charge is -2.46. The molecule has 1 fully saturated rings. The van der Waals surface area contributed by atoms with Crippen LogP contribution in [0.2, 0.25) is 0 Å². The summed E-state index contributed by atoms with van der Waals surface area (Å²) < 4.78 is 45.0. The molecule has 3 aromatic rings. The number of carbonyl (C=O) groups is 1. The van der Waals surface area contributed by atoms with Gasteiger partial charge in [-0.15, -0.1) is 0 Å². The molecule has 1 aromatic heterocycles. The summed E-state index contributed by atoms with van der Waals surface area (Å²) in [6, 6.07) is 8.14. The number of nitrogen functional groups attached to an aromatic ring is 1. The second-order valence-corrected chi connectivity index (χ2v) is 9.30. The van der Waals surface area contributed by atoms with Gasteiger partial charge in [0, 0.05) is 27.2 Å². The third-order valence-electron chi connectivity index (χ3n) is 5.44. The number of hydrogen-bond donors (Lipinski definition) is 2. The van der Waals surface area contributed by atoms with Gasteiger partial charge in [-0.2, -0.15) is 5.10 Å². The highest BCUT2D eigenvalue weighted by Gasteiger charge is 2.45. The fraction of sp³-hybridized carbons (Fsp3) is 0.273. The first kappa shape index (κ1) is 22.6. The number of rotatable bonds is 5. The second kappa shape index (κ2) is 8.39. The van der Waals surface area contributed by atoms with Crippen molar-refractivity contribution < 1.29 is 23.1 Å². The molecule has 0 saturated carbocycles. The highest BCUT2D eigenvalue weighted by Crippen LogP contribution is 2.29. The van der Waals surface area contributed by atoms with Crippen LogP contribution < -0.4 is 5.73 Å². The van der Waals surface area contributed by atoms with Crippen LogP contribution in [0.4, 0.5) is 19.0 Å². The third-order valence-corrected chi connectivity index (χ3v) is 6.11. The van der Waals surface area contributed by atoms with E-state index in [1.807, 2.05) is 22.6 Å². The van der Waals surface area contributed by atoms with Crippen molar-refractivity contribution in [3.8, 4) is 0 Å². The van der Waals surface area contributed by atoms with Crippen molar-refractivity contribution >= 4 is 34.3 Å². The largest absolute Gasteiger partial charge is 0.384 e. The molecule has 1 aliphatic rings. The van der Waals surface area contributed by atoms with Crippen LogP contribution >= 0.6 is 22.6 Å². The number of carbonyl (C=O) groups excluding carboxylic acids is 1. The van der Waals surface area contributed by atoms with Gasteiger partial charge in [0.1, 0.15) is 17.2 Å². The van der Waals surface area contributed by atoms with Gasteiger partial charge in [-0.3, -0.25) is 4.79 Å². The van der Waals surface area contributed by atoms with Crippen LogP contribution in [0.3, 0.4) is 0 Å². The monoisotopic (exact) mass is 556 g/mol. The molecule has 0 unspecified atom stereocenters.